The van der Waals surface area contributed by atoms with Gasteiger partial charge in [-0.2, -0.15) is 0 Å². The number of halogens is 1. The highest BCUT2D eigenvalue weighted by atomic mass is 35.5. The Hall–Kier alpha value is -3.12. The fraction of sp³-hybridized carbons (Fsp3) is 0.276. The van der Waals surface area contributed by atoms with Gasteiger partial charge in [-0.25, -0.2) is 4.79 Å². The number of hydrogen-bond donors (Lipinski definition) is 2. The van der Waals surface area contributed by atoms with Crippen LogP contribution >= 0.6 is 11.6 Å². The molecule has 1 fully saturated rings. The Balaban J connectivity index is 1.32. The molecule has 5 rings (SSSR count). The molecule has 1 saturated heterocycles. The van der Waals surface area contributed by atoms with Gasteiger partial charge in [0.15, 0.2) is 0 Å². The number of fused-ring (bicyclic) bond motifs is 2. The second-order valence-electron chi connectivity index (χ2n) is 9.25. The molecule has 0 radical (unpaired) electrons. The van der Waals surface area contributed by atoms with Crippen molar-refractivity contribution in [3.63, 3.8) is 0 Å². The molecule has 0 aromatic heterocycles. The van der Waals surface area contributed by atoms with Crippen molar-refractivity contribution in [2.45, 2.75) is 31.5 Å². The summed E-state index contributed by atoms with van der Waals surface area (Å²) in [7, 11) is 0. The lowest BCUT2D eigenvalue weighted by Crippen LogP contribution is -2.42. The number of benzene rings is 3. The first-order chi connectivity index (χ1) is 16.9. The van der Waals surface area contributed by atoms with E-state index < -0.39 is 11.6 Å². The first-order valence-corrected chi connectivity index (χ1v) is 12.3. The van der Waals surface area contributed by atoms with Crippen molar-refractivity contribution in [3.05, 3.63) is 106 Å². The van der Waals surface area contributed by atoms with Crippen molar-refractivity contribution in [3.8, 4) is 5.75 Å². The molecule has 180 valence electrons. The van der Waals surface area contributed by atoms with E-state index >= 15 is 0 Å². The molecule has 3 aromatic rings. The number of ether oxygens (including phenoxy) is 1. The predicted molar refractivity (Wildman–Crippen MR) is 137 cm³/mol. The second-order valence-corrected chi connectivity index (χ2v) is 9.68. The van der Waals surface area contributed by atoms with E-state index in [4.69, 9.17) is 16.3 Å². The number of rotatable bonds is 5. The van der Waals surface area contributed by atoms with Crippen LogP contribution in [0.3, 0.4) is 0 Å². The summed E-state index contributed by atoms with van der Waals surface area (Å²) in [4.78, 5) is 13.9. The van der Waals surface area contributed by atoms with Gasteiger partial charge in [0.1, 0.15) is 12.4 Å². The zero-order chi connectivity index (χ0) is 24.4. The molecule has 2 heterocycles. The monoisotopic (exact) mass is 489 g/mol. The van der Waals surface area contributed by atoms with Crippen LogP contribution < -0.4 is 4.74 Å². The third-order valence-corrected chi connectivity index (χ3v) is 7.32. The molecule has 0 amide bonds. The van der Waals surface area contributed by atoms with Gasteiger partial charge in [0.05, 0.1) is 11.2 Å². The van der Waals surface area contributed by atoms with Gasteiger partial charge in [-0.1, -0.05) is 54.1 Å². The summed E-state index contributed by atoms with van der Waals surface area (Å²) in [6.45, 7) is 2.92. The van der Waals surface area contributed by atoms with E-state index in [9.17, 15) is 15.0 Å². The lowest BCUT2D eigenvalue weighted by Gasteiger charge is -2.38. The molecule has 2 N–H and O–H groups in total. The second kappa shape index (κ2) is 9.86. The fourth-order valence-corrected chi connectivity index (χ4v) is 5.14. The summed E-state index contributed by atoms with van der Waals surface area (Å²) in [6.07, 6.45) is 4.43. The SMILES string of the molecule is O=C(O)c1ccc2c(c1)OCc1ccccc1C2=CCCN1CCC(O)(c2ccc(Cl)cc2)CC1. The number of carboxylic acids is 1. The Bertz CT molecular complexity index is 1260. The largest absolute Gasteiger partial charge is 0.488 e. The summed E-state index contributed by atoms with van der Waals surface area (Å²) in [5.41, 5.74) is 4.52. The topological polar surface area (TPSA) is 70.0 Å². The first kappa shape index (κ1) is 23.6. The van der Waals surface area contributed by atoms with E-state index in [0.29, 0.717) is 30.2 Å². The van der Waals surface area contributed by atoms with Crippen molar-refractivity contribution in [1.82, 2.24) is 4.90 Å². The maximum atomic E-state index is 11.5. The van der Waals surface area contributed by atoms with Crippen LogP contribution in [0.5, 0.6) is 5.75 Å². The smallest absolute Gasteiger partial charge is 0.335 e. The molecule has 0 saturated carbocycles. The molecule has 0 bridgehead atoms. The number of piperidine rings is 1. The maximum Gasteiger partial charge on any atom is 0.335 e. The Labute approximate surface area is 210 Å². The van der Waals surface area contributed by atoms with Crippen LogP contribution in [0.15, 0.2) is 72.8 Å². The minimum Gasteiger partial charge on any atom is -0.488 e. The molecule has 0 unspecified atom stereocenters. The summed E-state index contributed by atoms with van der Waals surface area (Å²) in [6, 6.07) is 20.8. The lowest BCUT2D eigenvalue weighted by molar-refractivity contribution is -0.0254. The van der Waals surface area contributed by atoms with Crippen molar-refractivity contribution in [1.29, 1.82) is 0 Å². The Morgan fingerprint density at radius 3 is 2.51 bits per heavy atom. The van der Waals surface area contributed by atoms with Crippen LogP contribution in [-0.4, -0.2) is 40.7 Å². The highest BCUT2D eigenvalue weighted by Gasteiger charge is 2.33. The normalized spacial score (nSPS) is 18.3. The zero-order valence-electron chi connectivity index (χ0n) is 19.4. The van der Waals surface area contributed by atoms with Gasteiger partial charge in [-0.15, -0.1) is 0 Å². The Morgan fingerprint density at radius 2 is 1.77 bits per heavy atom. The van der Waals surface area contributed by atoms with Crippen LogP contribution in [0.25, 0.3) is 5.57 Å². The van der Waals surface area contributed by atoms with Crippen molar-refractivity contribution in [2.24, 2.45) is 0 Å². The quantitative estimate of drug-likeness (QED) is 0.478. The summed E-state index contributed by atoms with van der Waals surface area (Å²) < 4.78 is 6.01. The molecular formula is C29H28ClNO4. The summed E-state index contributed by atoms with van der Waals surface area (Å²) in [5.74, 6) is -0.370. The van der Waals surface area contributed by atoms with Crippen LogP contribution in [-0.2, 0) is 12.2 Å². The van der Waals surface area contributed by atoms with Gasteiger partial charge in [-0.05, 0) is 71.9 Å². The average molecular weight is 490 g/mol. The number of aromatic carboxylic acids is 1. The van der Waals surface area contributed by atoms with Crippen molar-refractivity contribution >= 4 is 23.1 Å². The number of nitrogens with zero attached hydrogens (tertiary/aromatic N) is 1. The molecular weight excluding hydrogens is 462 g/mol. The summed E-state index contributed by atoms with van der Waals surface area (Å²) >= 11 is 6.01. The molecule has 3 aromatic carbocycles. The Kier molecular flexibility index (Phi) is 6.65. The minimum absolute atomic E-state index is 0.218. The number of likely N-dealkylation sites (tertiary alicyclic amines) is 1. The maximum absolute atomic E-state index is 11.5. The third-order valence-electron chi connectivity index (χ3n) is 7.07. The molecule has 0 aliphatic carbocycles. The van der Waals surface area contributed by atoms with E-state index in [2.05, 4.69) is 23.1 Å². The van der Waals surface area contributed by atoms with Crippen LogP contribution in [0.1, 0.15) is 51.9 Å². The van der Waals surface area contributed by atoms with Gasteiger partial charge in [0.25, 0.3) is 0 Å². The minimum atomic E-state index is -0.965. The average Bonchev–Trinajstić information content (AvgIpc) is 3.02. The van der Waals surface area contributed by atoms with E-state index in [-0.39, 0.29) is 5.56 Å². The molecule has 6 heteroatoms. The van der Waals surface area contributed by atoms with E-state index in [1.54, 1.807) is 12.1 Å². The van der Waals surface area contributed by atoms with Gasteiger partial charge >= 0.3 is 5.97 Å². The van der Waals surface area contributed by atoms with Gasteiger partial charge in [0.2, 0.25) is 0 Å². The molecule has 2 aliphatic heterocycles. The first-order valence-electron chi connectivity index (χ1n) is 11.9. The van der Waals surface area contributed by atoms with Crippen LogP contribution in [0.2, 0.25) is 5.02 Å². The van der Waals surface area contributed by atoms with Gasteiger partial charge < -0.3 is 19.8 Å². The predicted octanol–water partition coefficient (Wildman–Crippen LogP) is 5.74. The van der Waals surface area contributed by atoms with Crippen molar-refractivity contribution < 1.29 is 19.7 Å². The highest BCUT2D eigenvalue weighted by Crippen LogP contribution is 2.38. The molecule has 5 nitrogen and oxygen atoms in total. The van der Waals surface area contributed by atoms with E-state index in [1.165, 1.54) is 0 Å². The third kappa shape index (κ3) is 4.98. The number of aliphatic hydroxyl groups is 1. The molecule has 0 spiro atoms. The summed E-state index contributed by atoms with van der Waals surface area (Å²) in [5, 5.41) is 21.2. The van der Waals surface area contributed by atoms with Crippen LogP contribution in [0.4, 0.5) is 0 Å². The molecule has 35 heavy (non-hydrogen) atoms. The highest BCUT2D eigenvalue weighted by molar-refractivity contribution is 6.30. The molecule has 0 atom stereocenters. The number of carboxylic acid groups (broad SMARTS) is 1. The van der Waals surface area contributed by atoms with Crippen LogP contribution in [0, 0.1) is 0 Å². The Morgan fingerprint density at radius 1 is 1.03 bits per heavy atom. The van der Waals surface area contributed by atoms with Gasteiger partial charge in [-0.3, -0.25) is 0 Å². The number of hydrogen-bond acceptors (Lipinski definition) is 4. The van der Waals surface area contributed by atoms with E-state index in [1.807, 2.05) is 42.5 Å². The molecule has 2 aliphatic rings. The zero-order valence-corrected chi connectivity index (χ0v) is 20.2. The standard InChI is InChI=1S/C29H28ClNO4/c30-23-10-8-22(9-11-23)29(34)13-16-31(17-14-29)15-3-6-25-24-5-2-1-4-21(24)19-35-27-18-20(28(32)33)7-12-26(25)27/h1-2,4-12,18,34H,3,13-17,19H2,(H,32,33). The van der Waals surface area contributed by atoms with Gasteiger partial charge in [0, 0.05) is 30.2 Å². The fourth-order valence-electron chi connectivity index (χ4n) is 5.01. The van der Waals surface area contributed by atoms with E-state index in [0.717, 1.165) is 53.9 Å². The number of carbonyl (C=O) groups is 1. The van der Waals surface area contributed by atoms with Crippen molar-refractivity contribution in [2.75, 3.05) is 19.6 Å². The lowest BCUT2D eigenvalue weighted by atomic mass is 9.84.